The molecule has 0 bridgehead atoms. The molecule has 7 nitrogen and oxygen atoms in total. The molecule has 2 rings (SSSR count). The fraction of sp³-hybridized carbons (Fsp3) is 0.588. The van der Waals surface area contributed by atoms with E-state index in [1.54, 1.807) is 6.07 Å². The third kappa shape index (κ3) is 4.50. The van der Waals surface area contributed by atoms with Crippen LogP contribution < -0.4 is 20.5 Å². The highest BCUT2D eigenvalue weighted by Crippen LogP contribution is 2.28. The first-order chi connectivity index (χ1) is 11.8. The molecule has 0 saturated heterocycles. The van der Waals surface area contributed by atoms with Crippen molar-refractivity contribution < 1.29 is 17.9 Å². The summed E-state index contributed by atoms with van der Waals surface area (Å²) in [5.74, 6) is -0.138. The highest BCUT2D eigenvalue weighted by Gasteiger charge is 2.31. The van der Waals surface area contributed by atoms with Gasteiger partial charge in [-0.2, -0.15) is 0 Å². The Morgan fingerprint density at radius 2 is 1.96 bits per heavy atom. The molecule has 25 heavy (non-hydrogen) atoms. The first-order valence-corrected chi connectivity index (χ1v) is 10.0. The van der Waals surface area contributed by atoms with E-state index >= 15 is 0 Å². The Kier molecular flexibility index (Phi) is 6.08. The molecule has 0 unspecified atom stereocenters. The maximum atomic E-state index is 12.6. The summed E-state index contributed by atoms with van der Waals surface area (Å²) in [6, 6.07) is 4.37. The van der Waals surface area contributed by atoms with E-state index in [4.69, 9.17) is 10.5 Å². The predicted octanol–water partition coefficient (Wildman–Crippen LogP) is 1.38. The maximum Gasteiger partial charge on any atom is 0.251 e. The van der Waals surface area contributed by atoms with Crippen LogP contribution in [0.3, 0.4) is 0 Å². The second-order valence-corrected chi connectivity index (χ2v) is 8.09. The van der Waals surface area contributed by atoms with Crippen LogP contribution in [0, 0.1) is 0 Å². The number of methoxy groups -OCH3 is 1. The number of hydrogen-bond acceptors (Lipinski definition) is 5. The molecule has 1 amide bonds. The molecular weight excluding hydrogens is 342 g/mol. The first kappa shape index (κ1) is 19.7. The van der Waals surface area contributed by atoms with Gasteiger partial charge in [-0.1, -0.05) is 13.8 Å². The lowest BCUT2D eigenvalue weighted by molar-refractivity contribution is 0.0895. The van der Waals surface area contributed by atoms with Gasteiger partial charge in [0, 0.05) is 18.2 Å². The molecule has 0 heterocycles. The standard InChI is InChI=1S/C17H27N3O4S/c1-4-17(5-2,11-18)19-16(21)12-6-9-14(24-3)15(10-12)25(22,23)20-13-7-8-13/h6,9-10,13,20H,4-5,7-8,11,18H2,1-3H3,(H,19,21). The van der Waals surface area contributed by atoms with Gasteiger partial charge in [-0.05, 0) is 43.9 Å². The topological polar surface area (TPSA) is 111 Å². The summed E-state index contributed by atoms with van der Waals surface area (Å²) >= 11 is 0. The number of amides is 1. The molecule has 1 saturated carbocycles. The van der Waals surface area contributed by atoms with Crippen molar-refractivity contribution in [3.05, 3.63) is 23.8 Å². The van der Waals surface area contributed by atoms with Crippen LogP contribution in [0.4, 0.5) is 0 Å². The largest absolute Gasteiger partial charge is 0.495 e. The molecule has 0 aromatic heterocycles. The van der Waals surface area contributed by atoms with Crippen LogP contribution in [0.15, 0.2) is 23.1 Å². The van der Waals surface area contributed by atoms with Crippen LogP contribution in [0.2, 0.25) is 0 Å². The van der Waals surface area contributed by atoms with Gasteiger partial charge >= 0.3 is 0 Å². The van der Waals surface area contributed by atoms with Gasteiger partial charge in [-0.25, -0.2) is 13.1 Å². The molecule has 1 aromatic carbocycles. The summed E-state index contributed by atoms with van der Waals surface area (Å²) in [5.41, 5.74) is 5.58. The maximum absolute atomic E-state index is 12.6. The van der Waals surface area contributed by atoms with Crippen molar-refractivity contribution in [2.24, 2.45) is 5.73 Å². The normalized spacial score (nSPS) is 15.0. The van der Waals surface area contributed by atoms with Gasteiger partial charge < -0.3 is 15.8 Å². The molecule has 1 fully saturated rings. The zero-order valence-corrected chi connectivity index (χ0v) is 15.8. The fourth-order valence-electron chi connectivity index (χ4n) is 2.59. The SMILES string of the molecule is CCC(CC)(CN)NC(=O)c1ccc(OC)c(S(=O)(=O)NC2CC2)c1. The van der Waals surface area contributed by atoms with Crippen LogP contribution >= 0.6 is 0 Å². The second-order valence-electron chi connectivity index (χ2n) is 6.41. The highest BCUT2D eigenvalue weighted by molar-refractivity contribution is 7.89. The van der Waals surface area contributed by atoms with Crippen molar-refractivity contribution in [1.82, 2.24) is 10.0 Å². The number of rotatable bonds is 9. The summed E-state index contributed by atoms with van der Waals surface area (Å²) < 4.78 is 32.9. The minimum absolute atomic E-state index is 0.0269. The number of sulfonamides is 1. The smallest absolute Gasteiger partial charge is 0.251 e. The summed E-state index contributed by atoms with van der Waals surface area (Å²) in [6.45, 7) is 4.23. The van der Waals surface area contributed by atoms with Crippen molar-refractivity contribution >= 4 is 15.9 Å². The molecule has 0 atom stereocenters. The van der Waals surface area contributed by atoms with Crippen LogP contribution in [-0.4, -0.2) is 39.6 Å². The number of hydrogen-bond donors (Lipinski definition) is 3. The van der Waals surface area contributed by atoms with Gasteiger partial charge in [-0.15, -0.1) is 0 Å². The van der Waals surface area contributed by atoms with Crippen LogP contribution in [0.1, 0.15) is 49.9 Å². The summed E-state index contributed by atoms with van der Waals surface area (Å²) in [4.78, 5) is 12.6. The van der Waals surface area contributed by atoms with Crippen molar-refractivity contribution in [3.8, 4) is 5.75 Å². The molecule has 1 aliphatic carbocycles. The number of nitrogens with one attached hydrogen (secondary N) is 2. The summed E-state index contributed by atoms with van der Waals surface area (Å²) in [6.07, 6.45) is 3.04. The molecule has 0 aliphatic heterocycles. The van der Waals surface area contributed by atoms with Crippen LogP contribution in [-0.2, 0) is 10.0 Å². The molecule has 8 heteroatoms. The van der Waals surface area contributed by atoms with Crippen molar-refractivity contribution in [2.45, 2.75) is 56.0 Å². The van der Waals surface area contributed by atoms with Gasteiger partial charge in [0.1, 0.15) is 10.6 Å². The van der Waals surface area contributed by atoms with Crippen molar-refractivity contribution in [1.29, 1.82) is 0 Å². The van der Waals surface area contributed by atoms with Crippen LogP contribution in [0.25, 0.3) is 0 Å². The lowest BCUT2D eigenvalue weighted by atomic mass is 9.92. The Labute approximate surface area is 149 Å². The van der Waals surface area contributed by atoms with E-state index in [1.165, 1.54) is 19.2 Å². The number of nitrogens with two attached hydrogens (primary N) is 1. The number of carbonyl (C=O) groups excluding carboxylic acids is 1. The van der Waals surface area contributed by atoms with E-state index in [9.17, 15) is 13.2 Å². The van der Waals surface area contributed by atoms with Crippen LogP contribution in [0.5, 0.6) is 5.75 Å². The summed E-state index contributed by atoms with van der Waals surface area (Å²) in [5, 5.41) is 2.95. The molecule has 1 aromatic rings. The zero-order valence-electron chi connectivity index (χ0n) is 15.0. The van der Waals surface area contributed by atoms with Crippen molar-refractivity contribution in [2.75, 3.05) is 13.7 Å². The van der Waals surface area contributed by atoms with E-state index in [1.807, 2.05) is 13.8 Å². The minimum atomic E-state index is -3.74. The molecule has 140 valence electrons. The Hall–Kier alpha value is -1.64. The van der Waals surface area contributed by atoms with E-state index < -0.39 is 15.6 Å². The monoisotopic (exact) mass is 369 g/mol. The van der Waals surface area contributed by atoms with Gasteiger partial charge in [0.15, 0.2) is 0 Å². The molecule has 4 N–H and O–H groups in total. The second kappa shape index (κ2) is 7.72. The quantitative estimate of drug-likeness (QED) is 0.609. The van der Waals surface area contributed by atoms with Crippen molar-refractivity contribution in [3.63, 3.8) is 0 Å². The Balaban J connectivity index is 2.33. The zero-order chi connectivity index (χ0) is 18.7. The molecule has 0 spiro atoms. The third-order valence-electron chi connectivity index (χ3n) is 4.74. The Morgan fingerprint density at radius 3 is 2.44 bits per heavy atom. The fourth-order valence-corrected chi connectivity index (χ4v) is 4.09. The average molecular weight is 369 g/mol. The number of carbonyl (C=O) groups is 1. The van der Waals surface area contributed by atoms with E-state index in [0.717, 1.165) is 12.8 Å². The minimum Gasteiger partial charge on any atom is -0.495 e. The molecule has 1 aliphatic rings. The summed E-state index contributed by atoms with van der Waals surface area (Å²) in [7, 11) is -2.33. The van der Waals surface area contributed by atoms with Gasteiger partial charge in [0.2, 0.25) is 10.0 Å². The number of benzene rings is 1. The lowest BCUT2D eigenvalue weighted by Gasteiger charge is -2.31. The Bertz CT molecular complexity index is 717. The molecule has 0 radical (unpaired) electrons. The third-order valence-corrected chi connectivity index (χ3v) is 6.28. The number of ether oxygens (including phenoxy) is 1. The highest BCUT2D eigenvalue weighted by atomic mass is 32.2. The average Bonchev–Trinajstić information content (AvgIpc) is 3.42. The Morgan fingerprint density at radius 1 is 1.32 bits per heavy atom. The first-order valence-electron chi connectivity index (χ1n) is 8.53. The molecular formula is C17H27N3O4S. The van der Waals surface area contributed by atoms with E-state index in [2.05, 4.69) is 10.0 Å². The van der Waals surface area contributed by atoms with E-state index in [-0.39, 0.29) is 28.2 Å². The van der Waals surface area contributed by atoms with Gasteiger partial charge in [0.05, 0.1) is 12.6 Å². The van der Waals surface area contributed by atoms with E-state index in [0.29, 0.717) is 19.4 Å². The van der Waals surface area contributed by atoms with Gasteiger partial charge in [0.25, 0.3) is 5.91 Å². The lowest BCUT2D eigenvalue weighted by Crippen LogP contribution is -2.52. The van der Waals surface area contributed by atoms with Gasteiger partial charge in [-0.3, -0.25) is 4.79 Å². The predicted molar refractivity (Wildman–Crippen MR) is 96.2 cm³/mol.